The minimum atomic E-state index is -1.08. The third-order valence-electron chi connectivity index (χ3n) is 5.13. The molecule has 1 N–H and O–H groups in total. The van der Waals surface area contributed by atoms with E-state index in [9.17, 15) is 9.50 Å². The van der Waals surface area contributed by atoms with Crippen molar-refractivity contribution in [2.75, 3.05) is 32.9 Å². The number of ether oxygens (including phenoxy) is 2. The highest BCUT2D eigenvalue weighted by Gasteiger charge is 2.36. The van der Waals surface area contributed by atoms with Gasteiger partial charge in [0.15, 0.2) is 0 Å². The Morgan fingerprint density at radius 1 is 1.28 bits per heavy atom. The Labute approximate surface area is 153 Å². The molecule has 4 nitrogen and oxygen atoms in total. The van der Waals surface area contributed by atoms with Crippen LogP contribution in [0, 0.1) is 5.82 Å². The number of rotatable bonds is 4. The fraction of sp³-hybridized carbons (Fsp3) is 0.684. The Bertz CT molecular complexity index is 566. The molecule has 3 rings (SSSR count). The summed E-state index contributed by atoms with van der Waals surface area (Å²) in [7, 11) is 0. The highest BCUT2D eigenvalue weighted by Crippen LogP contribution is 2.26. The normalized spacial score (nSPS) is 26.8. The Morgan fingerprint density at radius 3 is 2.76 bits per heavy atom. The molecule has 1 atom stereocenters. The molecule has 0 amide bonds. The Balaban J connectivity index is 1.62. The van der Waals surface area contributed by atoms with Crippen molar-refractivity contribution < 1.29 is 19.0 Å². The quantitative estimate of drug-likeness (QED) is 0.820. The number of benzene rings is 1. The maximum Gasteiger partial charge on any atom is 0.142 e. The van der Waals surface area contributed by atoms with Crippen molar-refractivity contribution in [3.8, 4) is 5.75 Å². The lowest BCUT2D eigenvalue weighted by Crippen LogP contribution is -2.51. The number of β-amino-alcohol motifs (C(OH)–C–C–N with tert-alkyl or cyclic N) is 1. The zero-order valence-electron chi connectivity index (χ0n) is 14.6. The van der Waals surface area contributed by atoms with Crippen LogP contribution in [-0.4, -0.2) is 54.6 Å². The highest BCUT2D eigenvalue weighted by atomic mass is 35.5. The minimum absolute atomic E-state index is 0.0155. The van der Waals surface area contributed by atoms with Gasteiger partial charge in [0, 0.05) is 25.2 Å². The third-order valence-corrected chi connectivity index (χ3v) is 5.42. The molecule has 1 saturated carbocycles. The van der Waals surface area contributed by atoms with Gasteiger partial charge >= 0.3 is 0 Å². The van der Waals surface area contributed by atoms with Crippen LogP contribution in [-0.2, 0) is 4.74 Å². The van der Waals surface area contributed by atoms with Gasteiger partial charge in [-0.15, -0.1) is 0 Å². The molecule has 0 aromatic heterocycles. The van der Waals surface area contributed by atoms with Crippen LogP contribution in [0.1, 0.15) is 38.5 Å². The first-order chi connectivity index (χ1) is 12.1. The summed E-state index contributed by atoms with van der Waals surface area (Å²) in [5, 5.41) is 11.0. The van der Waals surface area contributed by atoms with Gasteiger partial charge in [0.05, 0.1) is 18.2 Å². The molecule has 0 spiro atoms. The summed E-state index contributed by atoms with van der Waals surface area (Å²) < 4.78 is 24.6. The molecular weight excluding hydrogens is 345 g/mol. The topological polar surface area (TPSA) is 41.9 Å². The van der Waals surface area contributed by atoms with Crippen molar-refractivity contribution in [2.24, 2.45) is 0 Å². The molecule has 1 saturated heterocycles. The van der Waals surface area contributed by atoms with Gasteiger partial charge in [-0.25, -0.2) is 4.39 Å². The number of halogens is 2. The zero-order valence-corrected chi connectivity index (χ0v) is 15.3. The molecule has 1 unspecified atom stereocenters. The first-order valence-electron chi connectivity index (χ1n) is 9.18. The molecule has 0 bridgehead atoms. The van der Waals surface area contributed by atoms with Crippen molar-refractivity contribution in [1.82, 2.24) is 4.90 Å². The van der Waals surface area contributed by atoms with Crippen LogP contribution in [0.5, 0.6) is 5.75 Å². The molecule has 6 heteroatoms. The summed E-state index contributed by atoms with van der Waals surface area (Å²) in [5.41, 5.74) is -1.08. The van der Waals surface area contributed by atoms with Crippen molar-refractivity contribution in [1.29, 1.82) is 0 Å². The van der Waals surface area contributed by atoms with Gasteiger partial charge in [0.25, 0.3) is 0 Å². The molecule has 1 heterocycles. The van der Waals surface area contributed by atoms with Crippen LogP contribution < -0.4 is 4.74 Å². The maximum atomic E-state index is 13.2. The average molecular weight is 372 g/mol. The largest absolute Gasteiger partial charge is 0.490 e. The van der Waals surface area contributed by atoms with Crippen molar-refractivity contribution in [3.63, 3.8) is 0 Å². The lowest BCUT2D eigenvalue weighted by molar-refractivity contribution is -0.0675. The third kappa shape index (κ3) is 5.30. The van der Waals surface area contributed by atoms with Gasteiger partial charge in [-0.2, -0.15) is 0 Å². The van der Waals surface area contributed by atoms with E-state index in [1.807, 2.05) is 0 Å². The fourth-order valence-electron chi connectivity index (χ4n) is 3.75. The van der Waals surface area contributed by atoms with Crippen LogP contribution in [0.4, 0.5) is 4.39 Å². The monoisotopic (exact) mass is 371 g/mol. The van der Waals surface area contributed by atoms with Gasteiger partial charge in [-0.05, 0) is 25.0 Å². The van der Waals surface area contributed by atoms with Crippen LogP contribution in [0.3, 0.4) is 0 Å². The maximum absolute atomic E-state index is 13.2. The second-order valence-corrected chi connectivity index (χ2v) is 7.66. The predicted molar refractivity (Wildman–Crippen MR) is 95.7 cm³/mol. The van der Waals surface area contributed by atoms with E-state index in [0.29, 0.717) is 24.9 Å². The van der Waals surface area contributed by atoms with Gasteiger partial charge in [-0.3, -0.25) is 4.90 Å². The summed E-state index contributed by atoms with van der Waals surface area (Å²) in [6, 6.07) is 4.73. The summed E-state index contributed by atoms with van der Waals surface area (Å²) in [6.45, 7) is 2.34. The zero-order chi connectivity index (χ0) is 17.7. The van der Waals surface area contributed by atoms with Crippen LogP contribution in [0.25, 0.3) is 0 Å². The van der Waals surface area contributed by atoms with E-state index in [0.717, 1.165) is 6.54 Å². The first kappa shape index (κ1) is 18.9. The smallest absolute Gasteiger partial charge is 0.142 e. The lowest BCUT2D eigenvalue weighted by Gasteiger charge is -2.35. The average Bonchev–Trinajstić information content (AvgIpc) is 2.97. The van der Waals surface area contributed by atoms with Gasteiger partial charge in [0.2, 0.25) is 0 Å². The summed E-state index contributed by atoms with van der Waals surface area (Å²) >= 11 is 5.79. The van der Waals surface area contributed by atoms with Crippen molar-refractivity contribution >= 4 is 11.6 Å². The molecule has 1 aliphatic carbocycles. The van der Waals surface area contributed by atoms with E-state index < -0.39 is 11.4 Å². The van der Waals surface area contributed by atoms with Gasteiger partial charge in [-0.1, -0.05) is 37.3 Å². The molecule has 140 valence electrons. The molecule has 2 fully saturated rings. The molecule has 1 aromatic carbocycles. The van der Waals surface area contributed by atoms with Crippen LogP contribution >= 0.6 is 11.6 Å². The van der Waals surface area contributed by atoms with Crippen LogP contribution in [0.2, 0.25) is 5.02 Å². The molecular formula is C19H27ClFNO3. The molecule has 1 aliphatic heterocycles. The fourth-order valence-corrected chi connectivity index (χ4v) is 3.92. The predicted octanol–water partition coefficient (Wildman–Crippen LogP) is 3.64. The van der Waals surface area contributed by atoms with E-state index >= 15 is 0 Å². The summed E-state index contributed by atoms with van der Waals surface area (Å²) in [6.07, 6.45) is 7.49. The second-order valence-electron chi connectivity index (χ2n) is 7.26. The van der Waals surface area contributed by atoms with E-state index in [4.69, 9.17) is 21.1 Å². The Kier molecular flexibility index (Phi) is 6.55. The number of aliphatic hydroxyl groups is 1. The number of hydrogen-bond donors (Lipinski definition) is 1. The van der Waals surface area contributed by atoms with Crippen molar-refractivity contribution in [2.45, 2.75) is 50.2 Å². The molecule has 0 radical (unpaired) electrons. The number of nitrogens with zero attached hydrogens (tertiary/aromatic N) is 1. The van der Waals surface area contributed by atoms with Gasteiger partial charge in [0.1, 0.15) is 23.8 Å². The van der Waals surface area contributed by atoms with Crippen LogP contribution in [0.15, 0.2) is 18.2 Å². The lowest BCUT2D eigenvalue weighted by atomic mass is 10.0. The van der Waals surface area contributed by atoms with E-state index in [1.165, 1.54) is 56.7 Å². The molecule has 1 aromatic rings. The minimum Gasteiger partial charge on any atom is -0.490 e. The number of hydrogen-bond acceptors (Lipinski definition) is 4. The van der Waals surface area contributed by atoms with E-state index in [1.54, 1.807) is 0 Å². The Hall–Kier alpha value is -0.880. The molecule has 25 heavy (non-hydrogen) atoms. The van der Waals surface area contributed by atoms with E-state index in [2.05, 4.69) is 4.90 Å². The van der Waals surface area contributed by atoms with E-state index in [-0.39, 0.29) is 18.2 Å². The summed E-state index contributed by atoms with van der Waals surface area (Å²) in [4.78, 5) is 2.36. The second kappa shape index (κ2) is 8.67. The van der Waals surface area contributed by atoms with Crippen molar-refractivity contribution in [3.05, 3.63) is 29.0 Å². The SMILES string of the molecule is OC1(COc2ccc(F)c(Cl)c2)COCCN(C2CCCCCC2)C1. The van der Waals surface area contributed by atoms with Gasteiger partial charge < -0.3 is 14.6 Å². The highest BCUT2D eigenvalue weighted by molar-refractivity contribution is 6.30. The Morgan fingerprint density at radius 2 is 2.04 bits per heavy atom. The standard InChI is InChI=1S/C19H27ClFNO3/c20-17-11-16(7-8-18(17)21)25-14-19(23)12-22(9-10-24-13-19)15-5-3-1-2-4-6-15/h7-8,11,15,23H,1-6,9-10,12-14H2. The summed E-state index contributed by atoms with van der Waals surface area (Å²) in [5.74, 6) is -0.0323. The molecule has 2 aliphatic rings. The first-order valence-corrected chi connectivity index (χ1v) is 9.56.